The molecule has 5 heteroatoms. The van der Waals surface area contributed by atoms with Crippen molar-refractivity contribution in [2.45, 2.75) is 38.8 Å². The van der Waals surface area contributed by atoms with Crippen LogP contribution in [-0.2, 0) is 6.42 Å². The van der Waals surface area contributed by atoms with E-state index < -0.39 is 0 Å². The predicted molar refractivity (Wildman–Crippen MR) is 96.2 cm³/mol. The first-order chi connectivity index (χ1) is 10.7. The molecule has 3 rings (SSSR count). The maximum absolute atomic E-state index is 6.51. The molecule has 1 aromatic rings. The zero-order valence-corrected chi connectivity index (χ0v) is 14.5. The van der Waals surface area contributed by atoms with Gasteiger partial charge in [0.05, 0.1) is 0 Å². The highest BCUT2D eigenvalue weighted by molar-refractivity contribution is 7.77. The Morgan fingerprint density at radius 2 is 1.86 bits per heavy atom. The van der Waals surface area contributed by atoms with Crippen molar-refractivity contribution in [3.63, 3.8) is 0 Å². The second-order valence-electron chi connectivity index (χ2n) is 5.91. The van der Waals surface area contributed by atoms with E-state index in [1.54, 1.807) is 0 Å². The monoisotopic (exact) mass is 335 g/mol. The van der Waals surface area contributed by atoms with Gasteiger partial charge in [-0.2, -0.15) is 0 Å². The van der Waals surface area contributed by atoms with E-state index in [0.29, 0.717) is 5.17 Å². The van der Waals surface area contributed by atoms with Gasteiger partial charge in [-0.1, -0.05) is 54.7 Å². The number of nitrogens with zero attached hydrogens (tertiary/aromatic N) is 3. The first kappa shape index (κ1) is 15.8. The average Bonchev–Trinajstić information content (AvgIpc) is 2.55. The Morgan fingerprint density at radius 3 is 2.55 bits per heavy atom. The van der Waals surface area contributed by atoms with E-state index in [2.05, 4.69) is 34.2 Å². The quantitative estimate of drug-likeness (QED) is 0.839. The molecule has 0 amide bonds. The topological polar surface area (TPSA) is 18.8 Å². The molecule has 1 unspecified atom stereocenters. The minimum absolute atomic E-state index is 0.0349. The fourth-order valence-electron chi connectivity index (χ4n) is 3.10. The largest absolute Gasteiger partial charge is 0.357 e. The van der Waals surface area contributed by atoms with Crippen LogP contribution in [-0.4, -0.2) is 33.6 Å². The number of likely N-dealkylation sites (tertiary alicyclic amines) is 1. The van der Waals surface area contributed by atoms with Gasteiger partial charge in [0.2, 0.25) is 0 Å². The molecule has 2 aliphatic heterocycles. The van der Waals surface area contributed by atoms with Crippen molar-refractivity contribution in [2.24, 2.45) is 4.99 Å². The average molecular weight is 336 g/mol. The Kier molecular flexibility index (Phi) is 4.99. The summed E-state index contributed by atoms with van der Waals surface area (Å²) >= 11 is 11.2. The Morgan fingerprint density at radius 1 is 1.18 bits per heavy atom. The van der Waals surface area contributed by atoms with Crippen LogP contribution >= 0.6 is 24.4 Å². The van der Waals surface area contributed by atoms with Crippen LogP contribution in [0, 0.1) is 0 Å². The lowest BCUT2D eigenvalue weighted by Gasteiger charge is -2.40. The van der Waals surface area contributed by atoms with Crippen LogP contribution < -0.4 is 0 Å². The summed E-state index contributed by atoms with van der Waals surface area (Å²) in [7, 11) is 0. The van der Waals surface area contributed by atoms with E-state index in [-0.39, 0.29) is 6.17 Å². The second kappa shape index (κ2) is 6.97. The molecule has 3 nitrogen and oxygen atoms in total. The molecule has 1 atom stereocenters. The zero-order chi connectivity index (χ0) is 15.5. The van der Waals surface area contributed by atoms with Gasteiger partial charge in [0.25, 0.3) is 0 Å². The molecule has 0 saturated carbocycles. The molecule has 0 radical (unpaired) electrons. The van der Waals surface area contributed by atoms with Crippen LogP contribution in [0.4, 0.5) is 0 Å². The first-order valence-electron chi connectivity index (χ1n) is 7.90. The number of thiol groups is 1. The van der Waals surface area contributed by atoms with Crippen LogP contribution in [0.3, 0.4) is 0 Å². The lowest BCUT2D eigenvalue weighted by molar-refractivity contribution is 0.219. The van der Waals surface area contributed by atoms with Crippen molar-refractivity contribution >= 4 is 29.6 Å². The third kappa shape index (κ3) is 3.28. The molecule has 118 valence electrons. The Hall–Kier alpha value is -1.13. The van der Waals surface area contributed by atoms with Crippen molar-refractivity contribution in [2.75, 3.05) is 13.1 Å². The van der Waals surface area contributed by atoms with Crippen molar-refractivity contribution in [3.05, 3.63) is 47.3 Å². The number of hydrogen-bond donors (Lipinski definition) is 1. The standard InChI is InChI=1S/C17H22ClN3S/c1-13-19-16(18)15(12-14-8-4-2-5-9-14)17(21(13)22)20-10-6-3-7-11-20/h2,4-5,8-9,13,22H,3,6-7,10-12H2,1H3. The molecule has 0 N–H and O–H groups in total. The lowest BCUT2D eigenvalue weighted by atomic mass is 10.0. The summed E-state index contributed by atoms with van der Waals surface area (Å²) in [5.41, 5.74) is 2.33. The molecule has 0 spiro atoms. The summed E-state index contributed by atoms with van der Waals surface area (Å²) in [5.74, 6) is 1.14. The molecular weight excluding hydrogens is 314 g/mol. The van der Waals surface area contributed by atoms with E-state index in [9.17, 15) is 0 Å². The molecule has 22 heavy (non-hydrogen) atoms. The Bertz CT molecular complexity index is 579. The summed E-state index contributed by atoms with van der Waals surface area (Å²) in [4.78, 5) is 6.95. The zero-order valence-electron chi connectivity index (χ0n) is 12.9. The maximum atomic E-state index is 6.51. The van der Waals surface area contributed by atoms with Crippen LogP contribution in [0.1, 0.15) is 31.7 Å². The molecule has 1 fully saturated rings. The number of benzene rings is 1. The minimum Gasteiger partial charge on any atom is -0.357 e. The number of aliphatic imine (C=N–C) groups is 1. The second-order valence-corrected chi connectivity index (χ2v) is 6.70. The highest BCUT2D eigenvalue weighted by Crippen LogP contribution is 2.31. The van der Waals surface area contributed by atoms with Crippen molar-refractivity contribution in [3.8, 4) is 0 Å². The number of hydrogen-bond acceptors (Lipinski definition) is 4. The normalized spacial score (nSPS) is 22.9. The van der Waals surface area contributed by atoms with Crippen LogP contribution in [0.2, 0.25) is 0 Å². The third-order valence-electron chi connectivity index (χ3n) is 4.27. The highest BCUT2D eigenvalue weighted by Gasteiger charge is 2.30. The van der Waals surface area contributed by atoms with Gasteiger partial charge >= 0.3 is 0 Å². The SMILES string of the molecule is CC1N=C(Cl)C(Cc2ccccc2)=C(N2CCCCC2)N1S. The molecule has 1 aromatic carbocycles. The van der Waals surface area contributed by atoms with Crippen LogP contribution in [0.25, 0.3) is 0 Å². The summed E-state index contributed by atoms with van der Waals surface area (Å²) in [5, 5.41) is 0.627. The number of piperidine rings is 1. The molecule has 2 aliphatic rings. The number of allylic oxidation sites excluding steroid dienone is 1. The van der Waals surface area contributed by atoms with E-state index in [4.69, 9.17) is 24.4 Å². The third-order valence-corrected chi connectivity index (χ3v) is 5.12. The van der Waals surface area contributed by atoms with Crippen LogP contribution in [0.15, 0.2) is 46.7 Å². The summed E-state index contributed by atoms with van der Waals surface area (Å²) in [6.45, 7) is 4.17. The van der Waals surface area contributed by atoms with Crippen molar-refractivity contribution in [1.82, 2.24) is 9.21 Å². The van der Waals surface area contributed by atoms with Gasteiger partial charge in [0.1, 0.15) is 17.2 Å². The summed E-state index contributed by atoms with van der Waals surface area (Å²) in [6, 6.07) is 10.4. The fraction of sp³-hybridized carbons (Fsp3) is 0.471. The summed E-state index contributed by atoms with van der Waals surface area (Å²) < 4.78 is 1.97. The van der Waals surface area contributed by atoms with Gasteiger partial charge in [-0.15, -0.1) is 0 Å². The molecule has 0 aromatic heterocycles. The molecular formula is C17H22ClN3S. The lowest BCUT2D eigenvalue weighted by Crippen LogP contribution is -2.41. The number of rotatable bonds is 3. The summed E-state index contributed by atoms with van der Waals surface area (Å²) in [6.07, 6.45) is 4.52. The van der Waals surface area contributed by atoms with E-state index in [1.165, 1.54) is 24.8 Å². The van der Waals surface area contributed by atoms with Gasteiger partial charge in [0.15, 0.2) is 0 Å². The predicted octanol–water partition coefficient (Wildman–Crippen LogP) is 4.07. The molecule has 1 saturated heterocycles. The first-order valence-corrected chi connectivity index (χ1v) is 8.68. The van der Waals surface area contributed by atoms with Gasteiger partial charge in [0, 0.05) is 25.1 Å². The highest BCUT2D eigenvalue weighted by atomic mass is 35.5. The van der Waals surface area contributed by atoms with Crippen molar-refractivity contribution in [1.29, 1.82) is 0 Å². The maximum Gasteiger partial charge on any atom is 0.133 e. The van der Waals surface area contributed by atoms with Gasteiger partial charge < -0.3 is 4.90 Å². The smallest absolute Gasteiger partial charge is 0.133 e. The number of halogens is 1. The molecule has 2 heterocycles. The Balaban J connectivity index is 1.97. The van der Waals surface area contributed by atoms with E-state index in [1.807, 2.05) is 17.3 Å². The van der Waals surface area contributed by atoms with E-state index in [0.717, 1.165) is 30.9 Å². The van der Waals surface area contributed by atoms with Crippen molar-refractivity contribution < 1.29 is 0 Å². The van der Waals surface area contributed by atoms with Crippen LogP contribution in [0.5, 0.6) is 0 Å². The fourth-order valence-corrected chi connectivity index (χ4v) is 3.69. The molecule has 0 bridgehead atoms. The molecule has 0 aliphatic carbocycles. The minimum atomic E-state index is -0.0349. The van der Waals surface area contributed by atoms with Gasteiger partial charge in [-0.05, 0) is 31.7 Å². The van der Waals surface area contributed by atoms with Gasteiger partial charge in [-0.3, -0.25) is 4.31 Å². The van der Waals surface area contributed by atoms with E-state index >= 15 is 0 Å². The Labute approximate surface area is 143 Å². The van der Waals surface area contributed by atoms with Gasteiger partial charge in [-0.25, -0.2) is 4.99 Å².